The van der Waals surface area contributed by atoms with Crippen molar-refractivity contribution in [3.63, 3.8) is 0 Å². The highest BCUT2D eigenvalue weighted by Crippen LogP contribution is 2.40. The van der Waals surface area contributed by atoms with E-state index in [4.69, 9.17) is 27.9 Å². The van der Waals surface area contributed by atoms with Gasteiger partial charge in [0, 0.05) is 10.0 Å². The lowest BCUT2D eigenvalue weighted by Gasteiger charge is -2.32. The van der Waals surface area contributed by atoms with Gasteiger partial charge in [0.2, 0.25) is 5.95 Å². The highest BCUT2D eigenvalue weighted by molar-refractivity contribution is 6.35. The third kappa shape index (κ3) is 3.05. The molecule has 0 saturated carbocycles. The molecule has 1 N–H and O–H groups in total. The van der Waals surface area contributed by atoms with Crippen molar-refractivity contribution < 1.29 is 4.74 Å². The fourth-order valence-electron chi connectivity index (χ4n) is 3.23. The predicted octanol–water partition coefficient (Wildman–Crippen LogP) is 4.74. The number of methoxy groups -OCH3 is 1. The van der Waals surface area contributed by atoms with Crippen molar-refractivity contribution >= 4 is 29.2 Å². The summed E-state index contributed by atoms with van der Waals surface area (Å²) in [6.07, 6.45) is 2.34. The number of ether oxygens (including phenoxy) is 1. The number of fused-ring (bicyclic) bond motifs is 1. The van der Waals surface area contributed by atoms with E-state index in [0.29, 0.717) is 10.0 Å². The molecular weight excluding hydrogens is 359 g/mol. The number of nitrogens with zero attached hydrogens (tertiary/aromatic N) is 3. The second-order valence-corrected chi connectivity index (χ2v) is 6.76. The average molecular weight is 375 g/mol. The summed E-state index contributed by atoms with van der Waals surface area (Å²) in [6.45, 7) is 0. The molecule has 2 atom stereocenters. The van der Waals surface area contributed by atoms with Crippen molar-refractivity contribution in [2.24, 2.45) is 0 Å². The molecule has 128 valence electrons. The SMILES string of the molecule is COc1cccc([C@H]2C[C@H](c3ccc(Cl)cc3Cl)Nc3ncnn32)c1. The van der Waals surface area contributed by atoms with E-state index < -0.39 is 0 Å². The second kappa shape index (κ2) is 6.58. The fourth-order valence-corrected chi connectivity index (χ4v) is 3.77. The van der Waals surface area contributed by atoms with Crippen LogP contribution in [0.2, 0.25) is 10.0 Å². The zero-order valence-electron chi connectivity index (χ0n) is 13.5. The van der Waals surface area contributed by atoms with E-state index in [9.17, 15) is 0 Å². The van der Waals surface area contributed by atoms with Gasteiger partial charge in [0.25, 0.3) is 0 Å². The van der Waals surface area contributed by atoms with E-state index >= 15 is 0 Å². The summed E-state index contributed by atoms with van der Waals surface area (Å²) in [5.41, 5.74) is 2.11. The molecule has 0 fully saturated rings. The Labute approximate surface area is 155 Å². The minimum atomic E-state index is 0.0117. The Morgan fingerprint density at radius 2 is 2.08 bits per heavy atom. The van der Waals surface area contributed by atoms with Crippen LogP contribution >= 0.6 is 23.2 Å². The molecule has 25 heavy (non-hydrogen) atoms. The smallest absolute Gasteiger partial charge is 0.222 e. The first-order chi connectivity index (χ1) is 12.2. The maximum Gasteiger partial charge on any atom is 0.222 e. The summed E-state index contributed by atoms with van der Waals surface area (Å²) >= 11 is 12.5. The molecule has 0 saturated heterocycles. The number of anilines is 1. The van der Waals surface area contributed by atoms with Gasteiger partial charge in [-0.3, -0.25) is 0 Å². The lowest BCUT2D eigenvalue weighted by molar-refractivity contribution is 0.406. The Kier molecular flexibility index (Phi) is 4.27. The largest absolute Gasteiger partial charge is 0.497 e. The Morgan fingerprint density at radius 3 is 2.88 bits per heavy atom. The first-order valence-corrected chi connectivity index (χ1v) is 8.66. The zero-order valence-corrected chi connectivity index (χ0v) is 15.0. The monoisotopic (exact) mass is 374 g/mol. The molecule has 3 aromatic rings. The molecule has 0 aliphatic carbocycles. The Morgan fingerprint density at radius 1 is 1.20 bits per heavy atom. The molecule has 0 bridgehead atoms. The first kappa shape index (κ1) is 16.2. The zero-order chi connectivity index (χ0) is 17.4. The van der Waals surface area contributed by atoms with Gasteiger partial charge in [-0.15, -0.1) is 0 Å². The molecule has 2 heterocycles. The number of benzene rings is 2. The van der Waals surface area contributed by atoms with E-state index in [1.807, 2.05) is 35.0 Å². The van der Waals surface area contributed by atoms with Crippen LogP contribution in [0.15, 0.2) is 48.8 Å². The number of hydrogen-bond acceptors (Lipinski definition) is 4. The summed E-state index contributed by atoms with van der Waals surface area (Å²) in [5, 5.41) is 9.06. The number of nitrogens with one attached hydrogen (secondary N) is 1. The maximum atomic E-state index is 6.42. The molecule has 5 nitrogen and oxygen atoms in total. The van der Waals surface area contributed by atoms with Crippen LogP contribution < -0.4 is 10.1 Å². The van der Waals surface area contributed by atoms with Crippen molar-refractivity contribution in [1.29, 1.82) is 0 Å². The number of hydrogen-bond donors (Lipinski definition) is 1. The highest BCUT2D eigenvalue weighted by atomic mass is 35.5. The molecule has 1 aromatic heterocycles. The maximum absolute atomic E-state index is 6.42. The first-order valence-electron chi connectivity index (χ1n) is 7.90. The Bertz CT molecular complexity index is 912. The molecule has 0 amide bonds. The van der Waals surface area contributed by atoms with Gasteiger partial charge in [-0.1, -0.05) is 41.4 Å². The van der Waals surface area contributed by atoms with Crippen LogP contribution in [0.25, 0.3) is 0 Å². The summed E-state index contributed by atoms with van der Waals surface area (Å²) < 4.78 is 7.26. The molecule has 4 rings (SSSR count). The minimum absolute atomic E-state index is 0.0117. The quantitative estimate of drug-likeness (QED) is 0.719. The van der Waals surface area contributed by atoms with Crippen LogP contribution in [-0.4, -0.2) is 21.9 Å². The van der Waals surface area contributed by atoms with Gasteiger partial charge in [-0.2, -0.15) is 10.1 Å². The van der Waals surface area contributed by atoms with Crippen molar-refractivity contribution in [3.8, 4) is 5.75 Å². The normalized spacial score (nSPS) is 19.2. The molecular formula is C18H16Cl2N4O. The predicted molar refractivity (Wildman–Crippen MR) is 98.6 cm³/mol. The van der Waals surface area contributed by atoms with Gasteiger partial charge in [-0.25, -0.2) is 4.68 Å². The molecule has 1 aliphatic rings. The second-order valence-electron chi connectivity index (χ2n) is 5.92. The van der Waals surface area contributed by atoms with Gasteiger partial charge in [0.1, 0.15) is 12.1 Å². The Hall–Kier alpha value is -2.24. The number of rotatable bonds is 3. The van der Waals surface area contributed by atoms with Crippen molar-refractivity contribution in [2.75, 3.05) is 12.4 Å². The van der Waals surface area contributed by atoms with E-state index in [1.165, 1.54) is 0 Å². The molecule has 0 unspecified atom stereocenters. The van der Waals surface area contributed by atoms with Crippen LogP contribution in [0.3, 0.4) is 0 Å². The van der Waals surface area contributed by atoms with Crippen LogP contribution in [0.1, 0.15) is 29.6 Å². The molecule has 1 aliphatic heterocycles. The molecule has 0 radical (unpaired) electrons. The van der Waals surface area contributed by atoms with Crippen LogP contribution in [0.4, 0.5) is 5.95 Å². The molecule has 2 aromatic carbocycles. The van der Waals surface area contributed by atoms with E-state index in [2.05, 4.69) is 21.5 Å². The standard InChI is InChI=1S/C18H16Cl2N4O/c1-25-13-4-2-3-11(7-13)17-9-16(23-18-21-10-22-24(17)18)14-6-5-12(19)8-15(14)20/h2-8,10,16-17H,9H2,1H3,(H,21,22,23)/t16-,17-/m1/s1. The van der Waals surface area contributed by atoms with Crippen LogP contribution in [0, 0.1) is 0 Å². The summed E-state index contributed by atoms with van der Waals surface area (Å²) in [5.74, 6) is 1.54. The van der Waals surface area contributed by atoms with Gasteiger partial charge < -0.3 is 10.1 Å². The lowest BCUT2D eigenvalue weighted by Crippen LogP contribution is -2.28. The number of halogens is 2. The third-order valence-corrected chi connectivity index (χ3v) is 5.01. The molecule has 0 spiro atoms. The van der Waals surface area contributed by atoms with Crippen LogP contribution in [-0.2, 0) is 0 Å². The lowest BCUT2D eigenvalue weighted by atomic mass is 9.93. The Balaban J connectivity index is 1.75. The number of aromatic nitrogens is 3. The minimum Gasteiger partial charge on any atom is -0.497 e. The van der Waals surface area contributed by atoms with Crippen molar-refractivity contribution in [1.82, 2.24) is 14.8 Å². The van der Waals surface area contributed by atoms with Crippen molar-refractivity contribution in [3.05, 3.63) is 70.0 Å². The average Bonchev–Trinajstić information content (AvgIpc) is 3.09. The summed E-state index contributed by atoms with van der Waals surface area (Å²) in [4.78, 5) is 4.34. The summed E-state index contributed by atoms with van der Waals surface area (Å²) in [7, 11) is 1.67. The van der Waals surface area contributed by atoms with Gasteiger partial charge in [0.05, 0.1) is 19.2 Å². The van der Waals surface area contributed by atoms with Crippen LogP contribution in [0.5, 0.6) is 5.75 Å². The fraction of sp³-hybridized carbons (Fsp3) is 0.222. The topological polar surface area (TPSA) is 52.0 Å². The van der Waals surface area contributed by atoms with E-state index in [1.54, 1.807) is 19.5 Å². The summed E-state index contributed by atoms with van der Waals surface area (Å²) in [6, 6.07) is 13.6. The van der Waals surface area contributed by atoms with Gasteiger partial charge in [0.15, 0.2) is 0 Å². The van der Waals surface area contributed by atoms with E-state index in [-0.39, 0.29) is 12.1 Å². The third-order valence-electron chi connectivity index (χ3n) is 4.45. The van der Waals surface area contributed by atoms with Crippen molar-refractivity contribution in [2.45, 2.75) is 18.5 Å². The van der Waals surface area contributed by atoms with Gasteiger partial charge >= 0.3 is 0 Å². The highest BCUT2D eigenvalue weighted by Gasteiger charge is 2.31. The van der Waals surface area contributed by atoms with Gasteiger partial charge in [-0.05, 0) is 41.8 Å². The van der Waals surface area contributed by atoms with E-state index in [0.717, 1.165) is 29.2 Å². The molecule has 7 heteroatoms.